The first kappa shape index (κ1) is 12.7. The molecule has 1 unspecified atom stereocenters. The molecule has 0 amide bonds. The Morgan fingerprint density at radius 3 is 2.41 bits per heavy atom. The fourth-order valence-corrected chi connectivity index (χ4v) is 2.49. The predicted molar refractivity (Wildman–Crippen MR) is 74.1 cm³/mol. The standard InChI is InChI=1S/C14H18BrNO/c1-9-7-11(8-10(2)13(9)15)14(16-3)12-5-4-6-17-12/h5,7-8,14,16H,4,6H2,1-3H3. The van der Waals surface area contributed by atoms with Crippen LogP contribution in [0.2, 0.25) is 0 Å². The van der Waals surface area contributed by atoms with Gasteiger partial charge in [-0.2, -0.15) is 0 Å². The third-order valence-corrected chi connectivity index (χ3v) is 4.35. The van der Waals surface area contributed by atoms with Crippen LogP contribution >= 0.6 is 15.9 Å². The summed E-state index contributed by atoms with van der Waals surface area (Å²) in [7, 11) is 1.97. The van der Waals surface area contributed by atoms with Crippen LogP contribution in [0.5, 0.6) is 0 Å². The Balaban J connectivity index is 2.37. The van der Waals surface area contributed by atoms with Crippen LogP contribution in [-0.2, 0) is 4.74 Å². The van der Waals surface area contributed by atoms with Crippen LogP contribution in [0.15, 0.2) is 28.4 Å². The molecule has 1 atom stereocenters. The minimum atomic E-state index is 0.169. The van der Waals surface area contributed by atoms with Crippen molar-refractivity contribution >= 4 is 15.9 Å². The number of aryl methyl sites for hydroxylation is 2. The minimum Gasteiger partial charge on any atom is -0.496 e. The molecular weight excluding hydrogens is 278 g/mol. The van der Waals surface area contributed by atoms with Crippen molar-refractivity contribution in [3.05, 3.63) is 45.1 Å². The molecule has 1 aromatic carbocycles. The molecule has 1 heterocycles. The molecule has 0 saturated carbocycles. The molecule has 0 bridgehead atoms. The topological polar surface area (TPSA) is 21.3 Å². The van der Waals surface area contributed by atoms with Gasteiger partial charge in [-0.25, -0.2) is 0 Å². The van der Waals surface area contributed by atoms with E-state index in [1.165, 1.54) is 21.2 Å². The van der Waals surface area contributed by atoms with Gasteiger partial charge in [0.2, 0.25) is 0 Å². The fraction of sp³-hybridized carbons (Fsp3) is 0.429. The van der Waals surface area contributed by atoms with E-state index in [0.29, 0.717) is 0 Å². The van der Waals surface area contributed by atoms with E-state index in [1.807, 2.05) is 7.05 Å². The molecule has 1 aliphatic rings. The number of hydrogen-bond donors (Lipinski definition) is 1. The molecule has 92 valence electrons. The molecule has 0 radical (unpaired) electrons. The number of halogens is 1. The summed E-state index contributed by atoms with van der Waals surface area (Å²) in [6, 6.07) is 4.59. The van der Waals surface area contributed by atoms with Gasteiger partial charge in [0, 0.05) is 10.9 Å². The Hall–Kier alpha value is -0.800. The quantitative estimate of drug-likeness (QED) is 0.919. The molecule has 0 aliphatic carbocycles. The van der Waals surface area contributed by atoms with Gasteiger partial charge in [0.05, 0.1) is 12.6 Å². The van der Waals surface area contributed by atoms with Gasteiger partial charge >= 0.3 is 0 Å². The van der Waals surface area contributed by atoms with E-state index in [4.69, 9.17) is 4.74 Å². The van der Waals surface area contributed by atoms with Crippen LogP contribution < -0.4 is 5.32 Å². The summed E-state index contributed by atoms with van der Waals surface area (Å²) in [5, 5.41) is 3.33. The van der Waals surface area contributed by atoms with Gasteiger partial charge in [0.15, 0.2) is 0 Å². The maximum atomic E-state index is 5.66. The molecule has 1 N–H and O–H groups in total. The number of ether oxygens (including phenoxy) is 1. The largest absolute Gasteiger partial charge is 0.496 e. The highest BCUT2D eigenvalue weighted by Gasteiger charge is 2.20. The zero-order valence-corrected chi connectivity index (χ0v) is 12.1. The van der Waals surface area contributed by atoms with E-state index >= 15 is 0 Å². The monoisotopic (exact) mass is 295 g/mol. The third kappa shape index (κ3) is 2.55. The average molecular weight is 296 g/mol. The maximum Gasteiger partial charge on any atom is 0.114 e. The minimum absolute atomic E-state index is 0.169. The second-order valence-electron chi connectivity index (χ2n) is 4.43. The van der Waals surface area contributed by atoms with Gasteiger partial charge in [-0.1, -0.05) is 28.1 Å². The normalized spacial score (nSPS) is 16.6. The summed E-state index contributed by atoms with van der Waals surface area (Å²) in [6.45, 7) is 5.05. The van der Waals surface area contributed by atoms with Gasteiger partial charge in [-0.3, -0.25) is 0 Å². The summed E-state index contributed by atoms with van der Waals surface area (Å²) in [5.41, 5.74) is 3.79. The predicted octanol–water partition coefficient (Wildman–Crippen LogP) is 3.63. The number of rotatable bonds is 3. The van der Waals surface area contributed by atoms with Crippen molar-refractivity contribution in [1.82, 2.24) is 5.32 Å². The SMILES string of the molecule is CNC(C1=CCCO1)c1cc(C)c(Br)c(C)c1. The first-order valence-corrected chi connectivity index (χ1v) is 6.69. The summed E-state index contributed by atoms with van der Waals surface area (Å²) in [6.07, 6.45) is 3.19. The Bertz CT molecular complexity index is 431. The van der Waals surface area contributed by atoms with Crippen molar-refractivity contribution in [2.24, 2.45) is 0 Å². The van der Waals surface area contributed by atoms with Gasteiger partial charge < -0.3 is 10.1 Å². The van der Waals surface area contributed by atoms with Gasteiger partial charge in [-0.05, 0) is 43.7 Å². The van der Waals surface area contributed by atoms with E-state index in [9.17, 15) is 0 Å². The molecule has 0 fully saturated rings. The lowest BCUT2D eigenvalue weighted by atomic mass is 10.00. The lowest BCUT2D eigenvalue weighted by Gasteiger charge is -2.19. The molecular formula is C14H18BrNO. The summed E-state index contributed by atoms with van der Waals surface area (Å²) in [5.74, 6) is 1.05. The zero-order valence-electron chi connectivity index (χ0n) is 10.5. The van der Waals surface area contributed by atoms with Gasteiger partial charge in [-0.15, -0.1) is 0 Å². The Kier molecular flexibility index (Phi) is 3.89. The van der Waals surface area contributed by atoms with Crippen molar-refractivity contribution < 1.29 is 4.74 Å². The lowest BCUT2D eigenvalue weighted by molar-refractivity contribution is 0.218. The zero-order chi connectivity index (χ0) is 12.4. The Labute approximate surface area is 111 Å². The van der Waals surface area contributed by atoms with Crippen LogP contribution in [0.1, 0.15) is 29.2 Å². The Morgan fingerprint density at radius 1 is 1.29 bits per heavy atom. The molecule has 1 aromatic rings. The van der Waals surface area contributed by atoms with Crippen molar-refractivity contribution in [2.45, 2.75) is 26.3 Å². The number of likely N-dealkylation sites (N-methyl/N-ethyl adjacent to an activating group) is 1. The summed E-state index contributed by atoms with van der Waals surface area (Å²) < 4.78 is 6.85. The van der Waals surface area contributed by atoms with Crippen LogP contribution in [0.3, 0.4) is 0 Å². The van der Waals surface area contributed by atoms with Gasteiger partial charge in [0.1, 0.15) is 5.76 Å². The molecule has 0 spiro atoms. The smallest absolute Gasteiger partial charge is 0.114 e. The molecule has 2 nitrogen and oxygen atoms in total. The van der Waals surface area contributed by atoms with E-state index in [0.717, 1.165) is 18.8 Å². The number of benzene rings is 1. The highest BCUT2D eigenvalue weighted by Crippen LogP contribution is 2.30. The highest BCUT2D eigenvalue weighted by molar-refractivity contribution is 9.10. The van der Waals surface area contributed by atoms with E-state index in [-0.39, 0.29) is 6.04 Å². The van der Waals surface area contributed by atoms with Gasteiger partial charge in [0.25, 0.3) is 0 Å². The van der Waals surface area contributed by atoms with Crippen molar-refractivity contribution in [2.75, 3.05) is 13.7 Å². The number of hydrogen-bond acceptors (Lipinski definition) is 2. The maximum absolute atomic E-state index is 5.66. The lowest BCUT2D eigenvalue weighted by Crippen LogP contribution is -2.19. The molecule has 0 aromatic heterocycles. The van der Waals surface area contributed by atoms with Crippen molar-refractivity contribution in [1.29, 1.82) is 0 Å². The highest BCUT2D eigenvalue weighted by atomic mass is 79.9. The molecule has 1 aliphatic heterocycles. The fourth-order valence-electron chi connectivity index (χ4n) is 2.26. The van der Waals surface area contributed by atoms with E-state index in [1.54, 1.807) is 0 Å². The van der Waals surface area contributed by atoms with Crippen LogP contribution in [-0.4, -0.2) is 13.7 Å². The van der Waals surface area contributed by atoms with E-state index < -0.39 is 0 Å². The first-order chi connectivity index (χ1) is 8.13. The molecule has 17 heavy (non-hydrogen) atoms. The van der Waals surface area contributed by atoms with E-state index in [2.05, 4.69) is 53.3 Å². The second kappa shape index (κ2) is 5.23. The first-order valence-electron chi connectivity index (χ1n) is 5.90. The van der Waals surface area contributed by atoms with Crippen molar-refractivity contribution in [3.63, 3.8) is 0 Å². The average Bonchev–Trinajstić information content (AvgIpc) is 2.80. The molecule has 2 rings (SSSR count). The number of nitrogens with one attached hydrogen (secondary N) is 1. The van der Waals surface area contributed by atoms with Crippen molar-refractivity contribution in [3.8, 4) is 0 Å². The van der Waals surface area contributed by atoms with Crippen LogP contribution in [0, 0.1) is 13.8 Å². The molecule has 3 heteroatoms. The second-order valence-corrected chi connectivity index (χ2v) is 5.23. The Morgan fingerprint density at radius 2 is 1.94 bits per heavy atom. The van der Waals surface area contributed by atoms with Crippen LogP contribution in [0.25, 0.3) is 0 Å². The summed E-state index contributed by atoms with van der Waals surface area (Å²) in [4.78, 5) is 0. The van der Waals surface area contributed by atoms with Crippen LogP contribution in [0.4, 0.5) is 0 Å². The molecule has 0 saturated heterocycles. The summed E-state index contributed by atoms with van der Waals surface area (Å²) >= 11 is 3.60. The third-order valence-electron chi connectivity index (χ3n) is 3.10.